The summed E-state index contributed by atoms with van der Waals surface area (Å²) in [6.45, 7) is 5.47. The molecule has 0 aliphatic rings. The van der Waals surface area contributed by atoms with Gasteiger partial charge in [0.1, 0.15) is 12.4 Å². The molecule has 0 saturated heterocycles. The van der Waals surface area contributed by atoms with Gasteiger partial charge in [0.25, 0.3) is 0 Å². The highest BCUT2D eigenvalue weighted by Gasteiger charge is 2.35. The normalized spacial score (nSPS) is 14.2. The van der Waals surface area contributed by atoms with Crippen LogP contribution in [0.3, 0.4) is 0 Å². The average Bonchev–Trinajstić information content (AvgIpc) is 3.20. The van der Waals surface area contributed by atoms with Crippen molar-refractivity contribution in [1.82, 2.24) is 0 Å². The van der Waals surface area contributed by atoms with Crippen molar-refractivity contribution in [3.8, 4) is 0 Å². The summed E-state index contributed by atoms with van der Waals surface area (Å²) in [6, 6.07) is 0. The van der Waals surface area contributed by atoms with E-state index in [1.54, 1.807) is 14.1 Å². The third kappa shape index (κ3) is 37.0. The Balaban J connectivity index is 4.56. The Labute approximate surface area is 363 Å². The van der Waals surface area contributed by atoms with E-state index in [0.717, 1.165) is 44.9 Å². The first-order valence-electron chi connectivity index (χ1n) is 24.5. The predicted molar refractivity (Wildman–Crippen MR) is 242 cm³/mol. The summed E-state index contributed by atoms with van der Waals surface area (Å²) in [4.78, 5) is 38.6. The molecule has 0 aromatic carbocycles. The Morgan fingerprint density at radius 3 is 1.37 bits per heavy atom. The molecule has 3 atom stereocenters. The highest BCUT2D eigenvalue weighted by molar-refractivity contribution is 7.51. The number of aliphatic hydroxyl groups excluding tert-OH is 1. The van der Waals surface area contributed by atoms with E-state index in [0.29, 0.717) is 6.42 Å². The van der Waals surface area contributed by atoms with Crippen molar-refractivity contribution in [2.75, 3.05) is 33.9 Å². The fourth-order valence-corrected chi connectivity index (χ4v) is 8.74. The molecule has 11 heteroatoms. The Morgan fingerprint density at radius 1 is 0.593 bits per heavy atom. The molecule has 0 spiro atoms. The van der Waals surface area contributed by atoms with Crippen molar-refractivity contribution < 1.29 is 47.7 Å². The first-order chi connectivity index (χ1) is 28.4. The van der Waals surface area contributed by atoms with Gasteiger partial charge in [0, 0.05) is 19.3 Å². The molecule has 0 aromatic rings. The molecular weight excluding hydrogens is 766 g/mol. The molecule has 59 heavy (non-hydrogen) atoms. The number of carbonyl (C=O) groups is 2. The summed E-state index contributed by atoms with van der Waals surface area (Å²) >= 11 is 0. The Morgan fingerprint density at radius 2 is 0.966 bits per heavy atom. The maximum absolute atomic E-state index is 13.2. The van der Waals surface area contributed by atoms with Crippen molar-refractivity contribution in [2.24, 2.45) is 0 Å². The number of esters is 2. The molecule has 0 amide bonds. The SMILES string of the molecule is CCCCCCCCC/C=C\CCCCCCCCC(=O)O[C@H](COC(=O)CCCCCCCCCCCCCCCCC)COP(=O)([O-])C(C)[N+](C)(C)CCC(O)O. The average molecular weight is 860 g/mol. The maximum Gasteiger partial charge on any atom is 0.306 e. The fraction of sp³-hybridized carbons (Fsp3) is 0.917. The number of allylic oxidation sites excluding steroid dienone is 2. The second kappa shape index (κ2) is 39.5. The lowest BCUT2D eigenvalue weighted by atomic mass is 10.0. The second-order valence-electron chi connectivity index (χ2n) is 17.8. The van der Waals surface area contributed by atoms with Crippen LogP contribution in [0.4, 0.5) is 0 Å². The standard InChI is InChI=1S/C48H94NO9P/c1-6-8-10-12-14-16-18-20-22-23-25-27-29-31-33-35-37-39-48(53)58-45(43-57-59(54,55)44(3)49(4,5)41-40-46(50)51)42-56-47(52)38-36-34-32-30-28-26-24-21-19-17-15-13-11-9-7-2/h22-23,44-46,50-51H,6-21,24-43H2,1-5H3/b23-22-/t44?,45-/m1/s1. The number of carbonyl (C=O) groups excluding carboxylic acids is 2. The third-order valence-electron chi connectivity index (χ3n) is 11.7. The van der Waals surface area contributed by atoms with E-state index >= 15 is 0 Å². The summed E-state index contributed by atoms with van der Waals surface area (Å²) in [5.74, 6) is -1.87. The van der Waals surface area contributed by atoms with Gasteiger partial charge in [0.05, 0.1) is 27.2 Å². The van der Waals surface area contributed by atoms with Crippen LogP contribution in [-0.2, 0) is 28.2 Å². The summed E-state index contributed by atoms with van der Waals surface area (Å²) in [5.41, 5.74) is 0. The van der Waals surface area contributed by atoms with Crippen LogP contribution in [-0.4, -0.2) is 78.7 Å². The van der Waals surface area contributed by atoms with Gasteiger partial charge in [0.2, 0.25) is 0 Å². The largest absolute Gasteiger partial charge is 0.774 e. The molecule has 0 aliphatic carbocycles. The molecule has 0 radical (unpaired) electrons. The lowest BCUT2D eigenvalue weighted by Gasteiger charge is -2.42. The smallest absolute Gasteiger partial charge is 0.306 e. The number of aliphatic hydroxyl groups is 2. The summed E-state index contributed by atoms with van der Waals surface area (Å²) in [5, 5.41) is 18.6. The molecule has 0 heterocycles. The zero-order chi connectivity index (χ0) is 43.9. The molecule has 0 saturated carbocycles. The minimum atomic E-state index is -4.49. The number of unbranched alkanes of at least 4 members (excludes halogenated alkanes) is 27. The number of hydrogen-bond donors (Lipinski definition) is 2. The second-order valence-corrected chi connectivity index (χ2v) is 19.9. The van der Waals surface area contributed by atoms with E-state index in [1.807, 2.05) is 0 Å². The molecule has 350 valence electrons. The van der Waals surface area contributed by atoms with Crippen LogP contribution in [0.15, 0.2) is 12.2 Å². The van der Waals surface area contributed by atoms with Crippen molar-refractivity contribution >= 4 is 19.5 Å². The maximum atomic E-state index is 13.2. The van der Waals surface area contributed by atoms with Crippen molar-refractivity contribution in [3.63, 3.8) is 0 Å². The highest BCUT2D eigenvalue weighted by atomic mass is 31.2. The van der Waals surface area contributed by atoms with Crippen molar-refractivity contribution in [1.29, 1.82) is 0 Å². The fourth-order valence-electron chi connectivity index (χ4n) is 7.27. The van der Waals surface area contributed by atoms with Gasteiger partial charge >= 0.3 is 11.9 Å². The predicted octanol–water partition coefficient (Wildman–Crippen LogP) is 12.2. The Kier molecular flexibility index (Phi) is 38.7. The third-order valence-corrected chi connectivity index (χ3v) is 13.8. The summed E-state index contributed by atoms with van der Waals surface area (Å²) in [6.07, 6.45) is 38.8. The molecule has 0 aromatic heterocycles. The summed E-state index contributed by atoms with van der Waals surface area (Å²) in [7, 11) is -1.14. The van der Waals surface area contributed by atoms with Crippen LogP contribution >= 0.6 is 7.60 Å². The molecule has 0 rings (SSSR count). The number of rotatable bonds is 44. The van der Waals surface area contributed by atoms with Crippen molar-refractivity contribution in [3.05, 3.63) is 12.2 Å². The molecule has 0 bridgehead atoms. The van der Waals surface area contributed by atoms with Gasteiger partial charge in [-0.05, 0) is 45.4 Å². The van der Waals surface area contributed by atoms with Crippen LogP contribution in [0.25, 0.3) is 0 Å². The summed E-state index contributed by atoms with van der Waals surface area (Å²) < 4.78 is 29.6. The molecule has 0 fully saturated rings. The Hall–Kier alpha value is -1.29. The van der Waals surface area contributed by atoms with E-state index < -0.39 is 44.3 Å². The highest BCUT2D eigenvalue weighted by Crippen LogP contribution is 2.46. The monoisotopic (exact) mass is 860 g/mol. The molecular formula is C48H94NO9P. The van der Waals surface area contributed by atoms with Gasteiger partial charge in [-0.25, -0.2) is 0 Å². The number of quaternary nitrogens is 1. The first-order valence-corrected chi connectivity index (χ1v) is 26.1. The quantitative estimate of drug-likeness (QED) is 0.0153. The van der Waals surface area contributed by atoms with Gasteiger partial charge in [-0.3, -0.25) is 9.59 Å². The Bertz CT molecular complexity index is 1050. The zero-order valence-corrected chi connectivity index (χ0v) is 39.9. The first kappa shape index (κ1) is 57.7. The number of nitrogens with zero attached hydrogens (tertiary/aromatic N) is 1. The van der Waals surface area contributed by atoms with Crippen LogP contribution in [0.5, 0.6) is 0 Å². The van der Waals surface area contributed by atoms with Gasteiger partial charge in [-0.2, -0.15) is 0 Å². The molecule has 2 N–H and O–H groups in total. The van der Waals surface area contributed by atoms with E-state index in [9.17, 15) is 29.3 Å². The van der Waals surface area contributed by atoms with Gasteiger partial charge in [-0.15, -0.1) is 0 Å². The lowest BCUT2D eigenvalue weighted by Crippen LogP contribution is -2.50. The van der Waals surface area contributed by atoms with Crippen LogP contribution < -0.4 is 4.89 Å². The van der Waals surface area contributed by atoms with E-state index in [1.165, 1.54) is 148 Å². The lowest BCUT2D eigenvalue weighted by molar-refractivity contribution is -0.902. The van der Waals surface area contributed by atoms with E-state index in [4.69, 9.17) is 14.0 Å². The van der Waals surface area contributed by atoms with Crippen LogP contribution in [0.1, 0.15) is 233 Å². The topological polar surface area (TPSA) is 142 Å². The van der Waals surface area contributed by atoms with E-state index in [2.05, 4.69) is 26.0 Å². The van der Waals surface area contributed by atoms with Gasteiger partial charge in [0.15, 0.2) is 20.0 Å². The van der Waals surface area contributed by atoms with Crippen LogP contribution in [0, 0.1) is 0 Å². The minimum Gasteiger partial charge on any atom is -0.774 e. The molecule has 2 unspecified atom stereocenters. The molecule has 10 nitrogen and oxygen atoms in total. The zero-order valence-electron chi connectivity index (χ0n) is 39.0. The molecule has 0 aliphatic heterocycles. The van der Waals surface area contributed by atoms with E-state index in [-0.39, 0.29) is 36.9 Å². The number of ether oxygens (including phenoxy) is 2. The number of hydrogen-bond acceptors (Lipinski definition) is 9. The minimum absolute atomic E-state index is 0.00360. The van der Waals surface area contributed by atoms with Gasteiger partial charge in [-0.1, -0.05) is 180 Å². The van der Waals surface area contributed by atoms with Crippen molar-refractivity contribution in [2.45, 2.75) is 251 Å². The van der Waals surface area contributed by atoms with Gasteiger partial charge < -0.3 is 38.2 Å². The van der Waals surface area contributed by atoms with Crippen LogP contribution in [0.2, 0.25) is 0 Å².